The van der Waals surface area contributed by atoms with E-state index in [2.05, 4.69) is 25.7 Å². The largest absolute Gasteiger partial charge is 0.378 e. The summed E-state index contributed by atoms with van der Waals surface area (Å²) in [4.78, 5) is 2.61. The van der Waals surface area contributed by atoms with Crippen molar-refractivity contribution in [2.75, 3.05) is 26.2 Å². The zero-order chi connectivity index (χ0) is 14.8. The molecule has 1 fully saturated rings. The van der Waals surface area contributed by atoms with E-state index in [1.165, 1.54) is 51.4 Å². The Morgan fingerprint density at radius 2 is 1.75 bits per heavy atom. The Kier molecular flexibility index (Phi) is 8.74. The smallest absolute Gasteiger partial charge is 0.0599 e. The Balaban J connectivity index is 2.32. The van der Waals surface area contributed by atoms with Gasteiger partial charge in [0.15, 0.2) is 0 Å². The molecule has 0 radical (unpaired) electrons. The first-order valence-corrected chi connectivity index (χ1v) is 8.73. The number of unbranched alkanes of at least 4 members (excludes halogenated alkanes) is 4. The minimum absolute atomic E-state index is 0.198. The van der Waals surface area contributed by atoms with E-state index in [4.69, 9.17) is 10.5 Å². The molecule has 0 spiro atoms. The van der Waals surface area contributed by atoms with E-state index in [1.807, 2.05) is 0 Å². The van der Waals surface area contributed by atoms with Crippen LogP contribution < -0.4 is 5.73 Å². The van der Waals surface area contributed by atoms with E-state index < -0.39 is 0 Å². The summed E-state index contributed by atoms with van der Waals surface area (Å²) in [6, 6.07) is 0. The minimum atomic E-state index is 0.198. The van der Waals surface area contributed by atoms with Gasteiger partial charge in [-0.15, -0.1) is 0 Å². The quantitative estimate of drug-likeness (QED) is 0.623. The highest BCUT2D eigenvalue weighted by Crippen LogP contribution is 2.26. The number of hydrogen-bond donors (Lipinski definition) is 1. The summed E-state index contributed by atoms with van der Waals surface area (Å²) in [5, 5.41) is 0. The first-order valence-electron chi connectivity index (χ1n) is 8.73. The van der Waals surface area contributed by atoms with Crippen molar-refractivity contribution >= 4 is 0 Å². The lowest BCUT2D eigenvalue weighted by molar-refractivity contribution is -0.0163. The van der Waals surface area contributed by atoms with Crippen LogP contribution in [-0.4, -0.2) is 42.8 Å². The first kappa shape index (κ1) is 17.9. The van der Waals surface area contributed by atoms with Crippen LogP contribution in [0.15, 0.2) is 0 Å². The molecule has 3 nitrogen and oxygen atoms in total. The molecule has 0 aromatic carbocycles. The van der Waals surface area contributed by atoms with Gasteiger partial charge in [-0.1, -0.05) is 39.0 Å². The zero-order valence-electron chi connectivity index (χ0n) is 14.0. The Hall–Kier alpha value is -0.120. The molecule has 1 unspecified atom stereocenters. The van der Waals surface area contributed by atoms with Gasteiger partial charge in [-0.3, -0.25) is 4.90 Å². The molecule has 1 rings (SSSR count). The molecule has 0 aromatic heterocycles. The lowest BCUT2D eigenvalue weighted by atomic mass is 9.89. The Labute approximate surface area is 126 Å². The predicted octanol–water partition coefficient (Wildman–Crippen LogP) is 3.57. The van der Waals surface area contributed by atoms with Gasteiger partial charge >= 0.3 is 0 Å². The van der Waals surface area contributed by atoms with E-state index in [0.717, 1.165) is 26.2 Å². The van der Waals surface area contributed by atoms with Crippen molar-refractivity contribution in [3.05, 3.63) is 0 Å². The summed E-state index contributed by atoms with van der Waals surface area (Å²) < 4.78 is 5.74. The van der Waals surface area contributed by atoms with Crippen LogP contribution in [0.25, 0.3) is 0 Å². The molecular formula is C17H36N2O. The standard InChI is InChI=1S/C17H36N2O/c1-4-6-7-8-9-12-17(3,15-18)19-13-10-16(11-14-19)20-5-2/h16H,4-15,18H2,1-3H3. The van der Waals surface area contributed by atoms with E-state index in [9.17, 15) is 0 Å². The molecule has 2 N–H and O–H groups in total. The molecule has 3 heteroatoms. The topological polar surface area (TPSA) is 38.5 Å². The average Bonchev–Trinajstić information content (AvgIpc) is 2.48. The van der Waals surface area contributed by atoms with Gasteiger partial charge in [0.25, 0.3) is 0 Å². The van der Waals surface area contributed by atoms with Crippen LogP contribution in [0.5, 0.6) is 0 Å². The molecule has 0 aromatic rings. The van der Waals surface area contributed by atoms with Crippen LogP contribution in [-0.2, 0) is 4.74 Å². The van der Waals surface area contributed by atoms with Gasteiger partial charge < -0.3 is 10.5 Å². The normalized spacial score (nSPS) is 21.0. The summed E-state index contributed by atoms with van der Waals surface area (Å²) in [7, 11) is 0. The summed E-state index contributed by atoms with van der Waals surface area (Å²) in [6.45, 7) is 10.6. The van der Waals surface area contributed by atoms with Crippen LogP contribution in [0.3, 0.4) is 0 Å². The maximum atomic E-state index is 6.10. The summed E-state index contributed by atoms with van der Waals surface area (Å²) in [5.41, 5.74) is 6.30. The average molecular weight is 284 g/mol. The minimum Gasteiger partial charge on any atom is -0.378 e. The molecular weight excluding hydrogens is 248 g/mol. The molecule has 20 heavy (non-hydrogen) atoms. The summed E-state index contributed by atoms with van der Waals surface area (Å²) in [6.07, 6.45) is 10.8. The van der Waals surface area contributed by atoms with Crippen molar-refractivity contribution in [1.29, 1.82) is 0 Å². The van der Waals surface area contributed by atoms with E-state index in [1.54, 1.807) is 0 Å². The lowest BCUT2D eigenvalue weighted by Crippen LogP contribution is -2.55. The number of nitrogens with two attached hydrogens (primary N) is 1. The molecule has 0 amide bonds. The Morgan fingerprint density at radius 1 is 1.10 bits per heavy atom. The number of nitrogens with zero attached hydrogens (tertiary/aromatic N) is 1. The van der Waals surface area contributed by atoms with Gasteiger partial charge in [0, 0.05) is 31.8 Å². The van der Waals surface area contributed by atoms with Crippen LogP contribution in [0, 0.1) is 0 Å². The molecule has 1 saturated heterocycles. The molecule has 1 atom stereocenters. The fraction of sp³-hybridized carbons (Fsp3) is 1.00. The third-order valence-electron chi connectivity index (χ3n) is 4.87. The number of hydrogen-bond acceptors (Lipinski definition) is 3. The summed E-state index contributed by atoms with van der Waals surface area (Å²) >= 11 is 0. The Morgan fingerprint density at radius 3 is 2.30 bits per heavy atom. The predicted molar refractivity (Wildman–Crippen MR) is 87.1 cm³/mol. The maximum absolute atomic E-state index is 6.10. The van der Waals surface area contributed by atoms with Crippen molar-refractivity contribution in [1.82, 2.24) is 4.90 Å². The van der Waals surface area contributed by atoms with Gasteiger partial charge in [-0.25, -0.2) is 0 Å². The van der Waals surface area contributed by atoms with Crippen LogP contribution in [0.2, 0.25) is 0 Å². The fourth-order valence-corrected chi connectivity index (χ4v) is 3.30. The van der Waals surface area contributed by atoms with Gasteiger partial charge in [0.2, 0.25) is 0 Å². The van der Waals surface area contributed by atoms with Gasteiger partial charge in [0.1, 0.15) is 0 Å². The first-order chi connectivity index (χ1) is 9.66. The molecule has 0 aliphatic carbocycles. The Bertz CT molecular complexity index is 239. The van der Waals surface area contributed by atoms with Gasteiger partial charge in [-0.2, -0.15) is 0 Å². The SMILES string of the molecule is CCCCCCCC(C)(CN)N1CCC(OCC)CC1. The van der Waals surface area contributed by atoms with Crippen LogP contribution in [0.4, 0.5) is 0 Å². The third kappa shape index (κ3) is 5.71. The lowest BCUT2D eigenvalue weighted by Gasteiger charge is -2.44. The second kappa shape index (κ2) is 9.75. The van der Waals surface area contributed by atoms with Crippen LogP contribution >= 0.6 is 0 Å². The highest BCUT2D eigenvalue weighted by molar-refractivity contribution is 4.90. The monoisotopic (exact) mass is 284 g/mol. The third-order valence-corrected chi connectivity index (χ3v) is 4.87. The number of rotatable bonds is 10. The number of ether oxygens (including phenoxy) is 1. The van der Waals surface area contributed by atoms with Gasteiger partial charge in [0.05, 0.1) is 6.10 Å². The van der Waals surface area contributed by atoms with Crippen molar-refractivity contribution < 1.29 is 4.74 Å². The summed E-state index contributed by atoms with van der Waals surface area (Å²) in [5.74, 6) is 0. The van der Waals surface area contributed by atoms with E-state index in [-0.39, 0.29) is 5.54 Å². The zero-order valence-corrected chi connectivity index (χ0v) is 14.0. The van der Waals surface area contributed by atoms with Crippen molar-refractivity contribution in [3.8, 4) is 0 Å². The second-order valence-corrected chi connectivity index (χ2v) is 6.51. The van der Waals surface area contributed by atoms with Crippen molar-refractivity contribution in [2.45, 2.75) is 83.8 Å². The molecule has 0 bridgehead atoms. The van der Waals surface area contributed by atoms with Crippen LogP contribution in [0.1, 0.15) is 72.1 Å². The van der Waals surface area contributed by atoms with E-state index >= 15 is 0 Å². The molecule has 1 aliphatic heterocycles. The maximum Gasteiger partial charge on any atom is 0.0599 e. The molecule has 1 heterocycles. The van der Waals surface area contributed by atoms with E-state index in [0.29, 0.717) is 6.10 Å². The van der Waals surface area contributed by atoms with Crippen molar-refractivity contribution in [2.24, 2.45) is 5.73 Å². The highest BCUT2D eigenvalue weighted by Gasteiger charge is 2.33. The highest BCUT2D eigenvalue weighted by atomic mass is 16.5. The second-order valence-electron chi connectivity index (χ2n) is 6.51. The van der Waals surface area contributed by atoms with Crippen molar-refractivity contribution in [3.63, 3.8) is 0 Å². The molecule has 120 valence electrons. The fourth-order valence-electron chi connectivity index (χ4n) is 3.30. The molecule has 1 aliphatic rings. The number of piperidine rings is 1. The number of likely N-dealkylation sites (tertiary alicyclic amines) is 1. The van der Waals surface area contributed by atoms with Gasteiger partial charge in [-0.05, 0) is 33.1 Å². The molecule has 0 saturated carbocycles.